The summed E-state index contributed by atoms with van der Waals surface area (Å²) in [5.41, 5.74) is 0.417. The summed E-state index contributed by atoms with van der Waals surface area (Å²) in [5, 5.41) is 0. The fourth-order valence-corrected chi connectivity index (χ4v) is 5.03. The van der Waals surface area contributed by atoms with Crippen molar-refractivity contribution < 1.29 is 9.59 Å². The minimum absolute atomic E-state index is 0.121. The second-order valence-corrected chi connectivity index (χ2v) is 9.12. The number of carbonyl (C=O) groups excluding carboxylic acids is 2. The van der Waals surface area contributed by atoms with Crippen LogP contribution in [0.5, 0.6) is 0 Å². The molecule has 4 nitrogen and oxygen atoms in total. The molecule has 0 aliphatic carbocycles. The first kappa shape index (κ1) is 17.3. The number of piperidine rings is 1. The lowest BCUT2D eigenvalue weighted by atomic mass is 9.92. The highest BCUT2D eigenvalue weighted by Gasteiger charge is 2.47. The maximum atomic E-state index is 12.9. The number of rotatable bonds is 1. The Morgan fingerprint density at radius 2 is 1.67 bits per heavy atom. The predicted molar refractivity (Wildman–Crippen MR) is 97.9 cm³/mol. The zero-order valence-electron chi connectivity index (χ0n) is 14.7. The lowest BCUT2D eigenvalue weighted by Crippen LogP contribution is -2.55. The van der Waals surface area contributed by atoms with Gasteiger partial charge in [0.25, 0.3) is 5.91 Å². The van der Waals surface area contributed by atoms with Crippen LogP contribution in [0.25, 0.3) is 0 Å². The highest BCUT2D eigenvalue weighted by molar-refractivity contribution is 8.00. The summed E-state index contributed by atoms with van der Waals surface area (Å²) in [5.74, 6) is 1.31. The predicted octanol–water partition coefficient (Wildman–Crippen LogP) is 3.24. The van der Waals surface area contributed by atoms with E-state index in [0.29, 0.717) is 0 Å². The molecule has 1 aromatic rings. The van der Waals surface area contributed by atoms with E-state index in [1.54, 1.807) is 0 Å². The number of thioether (sulfide) groups is 1. The van der Waals surface area contributed by atoms with E-state index in [-0.39, 0.29) is 22.1 Å². The average Bonchev–Trinajstić information content (AvgIpc) is 2.97. The van der Waals surface area contributed by atoms with Gasteiger partial charge in [0.15, 0.2) is 0 Å². The molecule has 1 aromatic carbocycles. The van der Waals surface area contributed by atoms with Crippen molar-refractivity contribution in [1.82, 2.24) is 9.80 Å². The maximum absolute atomic E-state index is 12.9. The lowest BCUT2D eigenvalue weighted by Gasteiger charge is -2.45. The number of benzene rings is 1. The summed E-state index contributed by atoms with van der Waals surface area (Å²) >= 11 is 1.89. The number of likely N-dealkylation sites (tertiary alicyclic amines) is 1. The lowest BCUT2D eigenvalue weighted by molar-refractivity contribution is -0.141. The smallest absolute Gasteiger partial charge is 0.254 e. The summed E-state index contributed by atoms with van der Waals surface area (Å²) < 4.78 is 0. The summed E-state index contributed by atoms with van der Waals surface area (Å²) in [4.78, 5) is 29.3. The van der Waals surface area contributed by atoms with Crippen molar-refractivity contribution in [3.63, 3.8) is 0 Å². The van der Waals surface area contributed by atoms with Crippen LogP contribution < -0.4 is 0 Å². The van der Waals surface area contributed by atoms with Gasteiger partial charge in [-0.05, 0) is 25.0 Å². The van der Waals surface area contributed by atoms with Crippen molar-refractivity contribution in [2.75, 3.05) is 25.4 Å². The van der Waals surface area contributed by atoms with Crippen LogP contribution in [0.1, 0.15) is 44.0 Å². The topological polar surface area (TPSA) is 40.6 Å². The Morgan fingerprint density at radius 1 is 1.04 bits per heavy atom. The van der Waals surface area contributed by atoms with Gasteiger partial charge in [-0.3, -0.25) is 9.59 Å². The molecule has 0 N–H and O–H groups in total. The van der Waals surface area contributed by atoms with Crippen molar-refractivity contribution in [3.05, 3.63) is 35.9 Å². The number of amides is 2. The molecular formula is C19H26N2O2S. The Balaban J connectivity index is 1.72. The molecule has 2 heterocycles. The zero-order valence-corrected chi connectivity index (χ0v) is 15.6. The van der Waals surface area contributed by atoms with Crippen molar-refractivity contribution in [3.8, 4) is 0 Å². The first-order valence-corrected chi connectivity index (χ1v) is 9.62. The van der Waals surface area contributed by atoms with Gasteiger partial charge in [-0.2, -0.15) is 0 Å². The van der Waals surface area contributed by atoms with Crippen LogP contribution in [0.3, 0.4) is 0 Å². The molecule has 2 aliphatic rings. The summed E-state index contributed by atoms with van der Waals surface area (Å²) in [6, 6.07) is 9.53. The van der Waals surface area contributed by atoms with Gasteiger partial charge in [0.2, 0.25) is 5.91 Å². The molecule has 0 atom stereocenters. The normalized spacial score (nSPS) is 20.5. The van der Waals surface area contributed by atoms with Crippen molar-refractivity contribution in [1.29, 1.82) is 0 Å². The number of hydrogen-bond acceptors (Lipinski definition) is 3. The number of carbonyl (C=O) groups is 2. The van der Waals surface area contributed by atoms with E-state index in [2.05, 4.69) is 0 Å². The van der Waals surface area contributed by atoms with Crippen LogP contribution >= 0.6 is 11.8 Å². The molecule has 2 saturated heterocycles. The minimum Gasteiger partial charge on any atom is -0.342 e. The van der Waals surface area contributed by atoms with E-state index in [1.807, 2.05) is 72.7 Å². The highest BCUT2D eigenvalue weighted by Crippen LogP contribution is 2.44. The standard InChI is InChI=1S/C19H26N2O2S/c1-18(2,3)17(23)20-11-9-19(10-12-20)21(13-14-24-19)16(22)15-7-5-4-6-8-15/h4-8H,9-14H2,1-3H3. The van der Waals surface area contributed by atoms with Gasteiger partial charge in [0.1, 0.15) is 0 Å². The largest absolute Gasteiger partial charge is 0.342 e. The Labute approximate surface area is 148 Å². The van der Waals surface area contributed by atoms with Gasteiger partial charge in [-0.25, -0.2) is 0 Å². The fourth-order valence-electron chi connectivity index (χ4n) is 3.58. The van der Waals surface area contributed by atoms with E-state index in [9.17, 15) is 9.59 Å². The first-order chi connectivity index (χ1) is 11.3. The second-order valence-electron chi connectivity index (χ2n) is 7.66. The van der Waals surface area contributed by atoms with Crippen LogP contribution in [-0.4, -0.2) is 51.9 Å². The Hall–Kier alpha value is -1.49. The van der Waals surface area contributed by atoms with Crippen molar-refractivity contribution in [2.24, 2.45) is 5.41 Å². The van der Waals surface area contributed by atoms with Crippen LogP contribution in [-0.2, 0) is 4.79 Å². The molecule has 1 spiro atoms. The van der Waals surface area contributed by atoms with E-state index >= 15 is 0 Å². The van der Waals surface area contributed by atoms with E-state index < -0.39 is 0 Å². The Bertz CT molecular complexity index is 616. The number of hydrogen-bond donors (Lipinski definition) is 0. The summed E-state index contributed by atoms with van der Waals surface area (Å²) in [6.07, 6.45) is 1.72. The Morgan fingerprint density at radius 3 is 2.25 bits per heavy atom. The molecular weight excluding hydrogens is 320 g/mol. The van der Waals surface area contributed by atoms with Crippen LogP contribution in [0.4, 0.5) is 0 Å². The van der Waals surface area contributed by atoms with Gasteiger partial charge in [-0.15, -0.1) is 11.8 Å². The fraction of sp³-hybridized carbons (Fsp3) is 0.579. The molecule has 130 valence electrons. The average molecular weight is 346 g/mol. The van der Waals surface area contributed by atoms with Gasteiger partial charge >= 0.3 is 0 Å². The monoisotopic (exact) mass is 346 g/mol. The second kappa shape index (κ2) is 6.43. The molecule has 0 unspecified atom stereocenters. The van der Waals surface area contributed by atoms with E-state index in [0.717, 1.165) is 43.8 Å². The van der Waals surface area contributed by atoms with Gasteiger partial charge < -0.3 is 9.80 Å². The molecule has 2 fully saturated rings. The molecule has 0 saturated carbocycles. The molecule has 0 radical (unpaired) electrons. The van der Waals surface area contributed by atoms with E-state index in [4.69, 9.17) is 0 Å². The molecule has 3 rings (SSSR count). The maximum Gasteiger partial charge on any atom is 0.254 e. The molecule has 5 heteroatoms. The van der Waals surface area contributed by atoms with Crippen molar-refractivity contribution >= 4 is 23.6 Å². The third kappa shape index (κ3) is 3.18. The quantitative estimate of drug-likeness (QED) is 0.784. The van der Waals surface area contributed by atoms with Crippen LogP contribution in [0, 0.1) is 5.41 Å². The van der Waals surface area contributed by atoms with Gasteiger partial charge in [-0.1, -0.05) is 39.0 Å². The van der Waals surface area contributed by atoms with Crippen molar-refractivity contribution in [2.45, 2.75) is 38.5 Å². The highest BCUT2D eigenvalue weighted by atomic mass is 32.2. The molecule has 24 heavy (non-hydrogen) atoms. The molecule has 2 amide bonds. The van der Waals surface area contributed by atoms with Crippen LogP contribution in [0.2, 0.25) is 0 Å². The van der Waals surface area contributed by atoms with Crippen LogP contribution in [0.15, 0.2) is 30.3 Å². The SMILES string of the molecule is CC(C)(C)C(=O)N1CCC2(CC1)SCCN2C(=O)c1ccccc1. The first-order valence-electron chi connectivity index (χ1n) is 8.64. The third-order valence-electron chi connectivity index (χ3n) is 4.92. The van der Waals surface area contributed by atoms with Gasteiger partial charge in [0.05, 0.1) is 4.87 Å². The molecule has 0 bridgehead atoms. The molecule has 2 aliphatic heterocycles. The minimum atomic E-state index is -0.340. The Kier molecular flexibility index (Phi) is 4.65. The zero-order chi connectivity index (χ0) is 17.4. The summed E-state index contributed by atoms with van der Waals surface area (Å²) in [6.45, 7) is 8.18. The molecule has 0 aromatic heterocycles. The summed E-state index contributed by atoms with van der Waals surface area (Å²) in [7, 11) is 0. The van der Waals surface area contributed by atoms with Gasteiger partial charge in [0, 0.05) is 36.4 Å². The number of nitrogens with zero attached hydrogens (tertiary/aromatic N) is 2. The third-order valence-corrected chi connectivity index (χ3v) is 6.47. The van der Waals surface area contributed by atoms with E-state index in [1.165, 1.54) is 0 Å².